The van der Waals surface area contributed by atoms with Gasteiger partial charge in [0.2, 0.25) is 0 Å². The molecule has 0 atom stereocenters. The van der Waals surface area contributed by atoms with Crippen LogP contribution in [-0.2, 0) is 13.0 Å². The summed E-state index contributed by atoms with van der Waals surface area (Å²) in [6.45, 7) is 7.40. The number of nitrogens with zero attached hydrogens (tertiary/aromatic N) is 2. The van der Waals surface area contributed by atoms with Gasteiger partial charge in [-0.2, -0.15) is 0 Å². The van der Waals surface area contributed by atoms with Crippen LogP contribution in [0, 0.1) is 5.92 Å². The number of nitrogens with two attached hydrogens (primary N) is 1. The third kappa shape index (κ3) is 3.30. The van der Waals surface area contributed by atoms with Crippen LogP contribution in [0.1, 0.15) is 38.3 Å². The molecule has 17 heavy (non-hydrogen) atoms. The molecule has 1 fully saturated rings. The van der Waals surface area contributed by atoms with Crippen LogP contribution in [0.15, 0.2) is 10.7 Å². The lowest BCUT2D eigenvalue weighted by atomic mass is 9.93. The van der Waals surface area contributed by atoms with Crippen LogP contribution in [0.2, 0.25) is 0 Å². The van der Waals surface area contributed by atoms with Crippen molar-refractivity contribution in [2.24, 2.45) is 11.7 Å². The van der Waals surface area contributed by atoms with E-state index in [9.17, 15) is 0 Å². The van der Waals surface area contributed by atoms with Crippen LogP contribution >= 0.6 is 0 Å². The van der Waals surface area contributed by atoms with E-state index in [0.29, 0.717) is 18.5 Å². The molecule has 0 amide bonds. The molecule has 96 valence electrons. The molecule has 1 aromatic rings. The highest BCUT2D eigenvalue weighted by molar-refractivity contribution is 4.96. The normalized spacial score (nSPS) is 19.1. The molecule has 0 unspecified atom stereocenters. The molecule has 0 spiro atoms. The van der Waals surface area contributed by atoms with E-state index in [1.54, 1.807) is 6.26 Å². The zero-order valence-electron chi connectivity index (χ0n) is 10.9. The zero-order chi connectivity index (χ0) is 12.3. The van der Waals surface area contributed by atoms with Gasteiger partial charge in [-0.3, -0.25) is 0 Å². The van der Waals surface area contributed by atoms with Gasteiger partial charge in [-0.25, -0.2) is 4.98 Å². The van der Waals surface area contributed by atoms with Crippen LogP contribution in [0.4, 0.5) is 0 Å². The third-order valence-electron chi connectivity index (χ3n) is 3.65. The molecule has 1 aliphatic heterocycles. The predicted molar refractivity (Wildman–Crippen MR) is 67.5 cm³/mol. The van der Waals surface area contributed by atoms with E-state index in [4.69, 9.17) is 10.2 Å². The second kappa shape index (κ2) is 5.65. The van der Waals surface area contributed by atoms with E-state index in [0.717, 1.165) is 18.0 Å². The summed E-state index contributed by atoms with van der Waals surface area (Å²) in [5.41, 5.74) is 6.38. The maximum absolute atomic E-state index is 5.52. The SMILES string of the molecule is CC(C)N1CCC(Cc2nc(CN)co2)CC1. The Labute approximate surface area is 103 Å². The van der Waals surface area contributed by atoms with Crippen LogP contribution in [0.5, 0.6) is 0 Å². The monoisotopic (exact) mass is 237 g/mol. The van der Waals surface area contributed by atoms with Crippen LogP contribution in [-0.4, -0.2) is 29.0 Å². The van der Waals surface area contributed by atoms with E-state index in [-0.39, 0.29) is 0 Å². The van der Waals surface area contributed by atoms with Gasteiger partial charge in [-0.1, -0.05) is 0 Å². The lowest BCUT2D eigenvalue weighted by Gasteiger charge is -2.34. The number of aromatic nitrogens is 1. The van der Waals surface area contributed by atoms with Crippen molar-refractivity contribution in [2.75, 3.05) is 13.1 Å². The largest absolute Gasteiger partial charge is 0.449 e. The molecule has 4 heteroatoms. The van der Waals surface area contributed by atoms with E-state index in [1.165, 1.54) is 25.9 Å². The second-order valence-corrected chi connectivity index (χ2v) is 5.21. The van der Waals surface area contributed by atoms with Gasteiger partial charge in [0, 0.05) is 19.0 Å². The Hall–Kier alpha value is -0.870. The van der Waals surface area contributed by atoms with E-state index < -0.39 is 0 Å². The van der Waals surface area contributed by atoms with Gasteiger partial charge in [0.15, 0.2) is 5.89 Å². The predicted octanol–water partition coefficient (Wildman–Crippen LogP) is 1.80. The summed E-state index contributed by atoms with van der Waals surface area (Å²) in [7, 11) is 0. The Morgan fingerprint density at radius 1 is 1.47 bits per heavy atom. The summed E-state index contributed by atoms with van der Waals surface area (Å²) in [4.78, 5) is 6.91. The Balaban J connectivity index is 1.81. The van der Waals surface area contributed by atoms with Gasteiger partial charge in [-0.15, -0.1) is 0 Å². The van der Waals surface area contributed by atoms with Crippen LogP contribution in [0.25, 0.3) is 0 Å². The van der Waals surface area contributed by atoms with Crippen LogP contribution < -0.4 is 5.73 Å². The summed E-state index contributed by atoms with van der Waals surface area (Å²) in [5, 5.41) is 0. The molecule has 2 N–H and O–H groups in total. The van der Waals surface area contributed by atoms with Crippen molar-refractivity contribution in [3.63, 3.8) is 0 Å². The highest BCUT2D eigenvalue weighted by atomic mass is 16.3. The maximum atomic E-state index is 5.52. The summed E-state index contributed by atoms with van der Waals surface area (Å²) in [6.07, 6.45) is 5.14. The molecule has 0 aliphatic carbocycles. The molecule has 2 rings (SSSR count). The first kappa shape index (κ1) is 12.6. The van der Waals surface area contributed by atoms with Crippen molar-refractivity contribution in [1.29, 1.82) is 0 Å². The van der Waals surface area contributed by atoms with Gasteiger partial charge < -0.3 is 15.1 Å². The van der Waals surface area contributed by atoms with Crippen molar-refractivity contribution >= 4 is 0 Å². The fraction of sp³-hybridized carbons (Fsp3) is 0.769. The number of oxazole rings is 1. The maximum Gasteiger partial charge on any atom is 0.194 e. The quantitative estimate of drug-likeness (QED) is 0.867. The average Bonchev–Trinajstić information content (AvgIpc) is 2.77. The van der Waals surface area contributed by atoms with E-state index >= 15 is 0 Å². The number of hydrogen-bond acceptors (Lipinski definition) is 4. The van der Waals surface area contributed by atoms with Gasteiger partial charge in [0.05, 0.1) is 5.69 Å². The molecule has 0 bridgehead atoms. The van der Waals surface area contributed by atoms with E-state index in [1.807, 2.05) is 0 Å². The van der Waals surface area contributed by atoms with Gasteiger partial charge in [-0.05, 0) is 45.7 Å². The number of hydrogen-bond donors (Lipinski definition) is 1. The Morgan fingerprint density at radius 2 is 2.18 bits per heavy atom. The fourth-order valence-electron chi connectivity index (χ4n) is 2.46. The smallest absolute Gasteiger partial charge is 0.194 e. The minimum absolute atomic E-state index is 0.468. The number of rotatable bonds is 4. The summed E-state index contributed by atoms with van der Waals surface area (Å²) in [6, 6.07) is 0.668. The number of piperidine rings is 1. The Kier molecular flexibility index (Phi) is 4.18. The minimum Gasteiger partial charge on any atom is -0.449 e. The van der Waals surface area contributed by atoms with Gasteiger partial charge in [0.1, 0.15) is 6.26 Å². The molecule has 1 aromatic heterocycles. The molecule has 4 nitrogen and oxygen atoms in total. The molecular formula is C13H23N3O. The molecule has 0 saturated carbocycles. The summed E-state index contributed by atoms with van der Waals surface area (Å²) < 4.78 is 5.43. The van der Waals surface area contributed by atoms with Crippen molar-refractivity contribution in [1.82, 2.24) is 9.88 Å². The third-order valence-corrected chi connectivity index (χ3v) is 3.65. The van der Waals surface area contributed by atoms with E-state index in [2.05, 4.69) is 23.7 Å². The van der Waals surface area contributed by atoms with Crippen LogP contribution in [0.3, 0.4) is 0 Å². The van der Waals surface area contributed by atoms with Gasteiger partial charge >= 0.3 is 0 Å². The first-order valence-electron chi connectivity index (χ1n) is 6.56. The highest BCUT2D eigenvalue weighted by Gasteiger charge is 2.22. The molecule has 0 aromatic carbocycles. The van der Waals surface area contributed by atoms with Crippen molar-refractivity contribution < 1.29 is 4.42 Å². The van der Waals surface area contributed by atoms with Gasteiger partial charge in [0.25, 0.3) is 0 Å². The first-order chi connectivity index (χ1) is 8.19. The Morgan fingerprint density at radius 3 is 2.71 bits per heavy atom. The molecular weight excluding hydrogens is 214 g/mol. The molecule has 2 heterocycles. The topological polar surface area (TPSA) is 55.3 Å². The summed E-state index contributed by atoms with van der Waals surface area (Å²) in [5.74, 6) is 1.57. The lowest BCUT2D eigenvalue weighted by Crippen LogP contribution is -2.38. The number of likely N-dealkylation sites (tertiary alicyclic amines) is 1. The molecule has 1 saturated heterocycles. The zero-order valence-corrected chi connectivity index (χ0v) is 10.9. The van der Waals surface area contributed by atoms with Crippen molar-refractivity contribution in [3.05, 3.63) is 17.8 Å². The summed E-state index contributed by atoms with van der Waals surface area (Å²) >= 11 is 0. The average molecular weight is 237 g/mol. The fourth-order valence-corrected chi connectivity index (χ4v) is 2.46. The molecule has 1 aliphatic rings. The minimum atomic E-state index is 0.468. The first-order valence-corrected chi connectivity index (χ1v) is 6.56. The van der Waals surface area contributed by atoms with Crippen molar-refractivity contribution in [2.45, 2.75) is 45.7 Å². The molecule has 0 radical (unpaired) electrons. The second-order valence-electron chi connectivity index (χ2n) is 5.21. The lowest BCUT2D eigenvalue weighted by molar-refractivity contribution is 0.146. The Bertz CT molecular complexity index is 340. The highest BCUT2D eigenvalue weighted by Crippen LogP contribution is 2.22. The van der Waals surface area contributed by atoms with Crippen molar-refractivity contribution in [3.8, 4) is 0 Å². The standard InChI is InChI=1S/C13H23N3O/c1-10(2)16-5-3-11(4-6-16)7-13-15-12(8-14)9-17-13/h9-11H,3-8,14H2,1-2H3.